The van der Waals surface area contributed by atoms with Gasteiger partial charge in [-0.2, -0.15) is 0 Å². The van der Waals surface area contributed by atoms with Crippen LogP contribution in [0.5, 0.6) is 0 Å². The summed E-state index contributed by atoms with van der Waals surface area (Å²) in [7, 11) is 0. The summed E-state index contributed by atoms with van der Waals surface area (Å²) >= 11 is 0. The number of nitrogens with zero attached hydrogens (tertiary/aromatic N) is 3. The topological polar surface area (TPSA) is 39.9 Å². The Bertz CT molecular complexity index is 455. The lowest BCUT2D eigenvalue weighted by Gasteiger charge is -2.29. The van der Waals surface area contributed by atoms with Crippen molar-refractivity contribution in [1.82, 2.24) is 14.8 Å². The summed E-state index contributed by atoms with van der Waals surface area (Å²) in [4.78, 5) is 0. The molecule has 3 rings (SSSR count). The van der Waals surface area contributed by atoms with E-state index >= 15 is 0 Å². The molecule has 112 valence electrons. The zero-order valence-corrected chi connectivity index (χ0v) is 13.1. The summed E-state index contributed by atoms with van der Waals surface area (Å²) in [6, 6.07) is 0. The molecule has 0 radical (unpaired) electrons. The van der Waals surface area contributed by atoms with E-state index < -0.39 is 0 Å². The summed E-state index contributed by atoms with van der Waals surface area (Å²) < 4.78 is 7.89. The van der Waals surface area contributed by atoms with Gasteiger partial charge in [-0.3, -0.25) is 0 Å². The molecule has 20 heavy (non-hydrogen) atoms. The van der Waals surface area contributed by atoms with Crippen molar-refractivity contribution >= 4 is 0 Å². The standard InChI is InChI=1S/C16H27N3O/c1-16(2,3)13-4-5-14-17-18-15(19(14)9-6-13)12-7-10-20-11-8-12/h12-13H,4-11H2,1-3H3. The number of hydrogen-bond donors (Lipinski definition) is 0. The van der Waals surface area contributed by atoms with E-state index in [0.29, 0.717) is 11.3 Å². The van der Waals surface area contributed by atoms with Crippen LogP contribution in [-0.2, 0) is 17.7 Å². The molecule has 1 saturated heterocycles. The van der Waals surface area contributed by atoms with Gasteiger partial charge in [-0.15, -0.1) is 10.2 Å². The smallest absolute Gasteiger partial charge is 0.136 e. The van der Waals surface area contributed by atoms with E-state index in [1.54, 1.807) is 0 Å². The number of ether oxygens (including phenoxy) is 1. The van der Waals surface area contributed by atoms with Crippen LogP contribution in [0.2, 0.25) is 0 Å². The Hall–Kier alpha value is -0.900. The van der Waals surface area contributed by atoms with E-state index in [9.17, 15) is 0 Å². The molecule has 0 aromatic carbocycles. The molecule has 0 N–H and O–H groups in total. The normalized spacial score (nSPS) is 25.2. The van der Waals surface area contributed by atoms with Gasteiger partial charge in [0.2, 0.25) is 0 Å². The SMILES string of the molecule is CC(C)(C)C1CCc2nnc(C3CCOCC3)n2CC1. The predicted molar refractivity (Wildman–Crippen MR) is 78.7 cm³/mol. The number of fused-ring (bicyclic) bond motifs is 1. The zero-order chi connectivity index (χ0) is 14.2. The van der Waals surface area contributed by atoms with Gasteiger partial charge in [0.1, 0.15) is 11.6 Å². The third kappa shape index (κ3) is 2.76. The van der Waals surface area contributed by atoms with Crippen LogP contribution in [0.4, 0.5) is 0 Å². The van der Waals surface area contributed by atoms with Crippen LogP contribution < -0.4 is 0 Å². The number of aryl methyl sites for hydroxylation is 1. The molecule has 0 aliphatic carbocycles. The van der Waals surface area contributed by atoms with E-state index in [-0.39, 0.29) is 0 Å². The van der Waals surface area contributed by atoms with Crippen molar-refractivity contribution in [3.63, 3.8) is 0 Å². The molecule has 1 unspecified atom stereocenters. The van der Waals surface area contributed by atoms with Gasteiger partial charge in [-0.25, -0.2) is 0 Å². The number of hydrogen-bond acceptors (Lipinski definition) is 3. The molecule has 1 aromatic rings. The van der Waals surface area contributed by atoms with Gasteiger partial charge >= 0.3 is 0 Å². The second-order valence-corrected chi connectivity index (χ2v) is 7.40. The minimum absolute atomic E-state index is 0.399. The Morgan fingerprint density at radius 1 is 1.05 bits per heavy atom. The number of aromatic nitrogens is 3. The largest absolute Gasteiger partial charge is 0.381 e. The first-order valence-corrected chi connectivity index (χ1v) is 8.05. The fourth-order valence-electron chi connectivity index (χ4n) is 3.63. The Morgan fingerprint density at radius 3 is 2.50 bits per heavy atom. The van der Waals surface area contributed by atoms with E-state index in [2.05, 4.69) is 35.5 Å². The van der Waals surface area contributed by atoms with Crippen molar-refractivity contribution in [2.24, 2.45) is 11.3 Å². The van der Waals surface area contributed by atoms with Crippen LogP contribution in [0.15, 0.2) is 0 Å². The summed E-state index contributed by atoms with van der Waals surface area (Å²) in [6.45, 7) is 9.93. The van der Waals surface area contributed by atoms with Crippen molar-refractivity contribution in [3.8, 4) is 0 Å². The minimum Gasteiger partial charge on any atom is -0.381 e. The lowest BCUT2D eigenvalue weighted by atomic mass is 9.76. The third-order valence-electron chi connectivity index (χ3n) is 5.08. The van der Waals surface area contributed by atoms with E-state index in [4.69, 9.17) is 4.74 Å². The van der Waals surface area contributed by atoms with Crippen LogP contribution in [0, 0.1) is 11.3 Å². The lowest BCUT2D eigenvalue weighted by molar-refractivity contribution is 0.0826. The molecule has 3 heterocycles. The summed E-state index contributed by atoms with van der Waals surface area (Å²) in [5.41, 5.74) is 0.399. The quantitative estimate of drug-likeness (QED) is 0.791. The summed E-state index contributed by atoms with van der Waals surface area (Å²) in [5.74, 6) is 3.76. The average Bonchev–Trinajstić information content (AvgIpc) is 2.69. The zero-order valence-electron chi connectivity index (χ0n) is 13.1. The van der Waals surface area contributed by atoms with Gasteiger partial charge in [0.15, 0.2) is 0 Å². The van der Waals surface area contributed by atoms with Crippen LogP contribution in [0.25, 0.3) is 0 Å². The number of rotatable bonds is 1. The molecule has 1 fully saturated rings. The Morgan fingerprint density at radius 2 is 1.80 bits per heavy atom. The van der Waals surface area contributed by atoms with Crippen molar-refractivity contribution in [2.45, 2.75) is 65.3 Å². The van der Waals surface area contributed by atoms with Gasteiger partial charge in [0.05, 0.1) is 0 Å². The third-order valence-corrected chi connectivity index (χ3v) is 5.08. The molecule has 2 aliphatic rings. The van der Waals surface area contributed by atoms with Crippen molar-refractivity contribution in [1.29, 1.82) is 0 Å². The fourth-order valence-corrected chi connectivity index (χ4v) is 3.63. The fraction of sp³-hybridized carbons (Fsp3) is 0.875. The summed E-state index contributed by atoms with van der Waals surface area (Å²) in [5, 5.41) is 8.99. The maximum Gasteiger partial charge on any atom is 0.136 e. The highest BCUT2D eigenvalue weighted by molar-refractivity contribution is 5.05. The molecule has 0 saturated carbocycles. The van der Waals surface area contributed by atoms with Crippen molar-refractivity contribution < 1.29 is 4.74 Å². The van der Waals surface area contributed by atoms with E-state index in [1.807, 2.05) is 0 Å². The first-order valence-electron chi connectivity index (χ1n) is 8.05. The molecule has 2 aliphatic heterocycles. The average molecular weight is 277 g/mol. The van der Waals surface area contributed by atoms with Gasteiger partial charge < -0.3 is 9.30 Å². The molecule has 0 bridgehead atoms. The highest BCUT2D eigenvalue weighted by atomic mass is 16.5. The first-order chi connectivity index (χ1) is 9.55. The van der Waals surface area contributed by atoms with Gasteiger partial charge in [-0.05, 0) is 37.0 Å². The monoisotopic (exact) mass is 277 g/mol. The van der Waals surface area contributed by atoms with Gasteiger partial charge in [0.25, 0.3) is 0 Å². The molecule has 1 atom stereocenters. The molecular weight excluding hydrogens is 250 g/mol. The van der Waals surface area contributed by atoms with Crippen LogP contribution >= 0.6 is 0 Å². The maximum atomic E-state index is 5.47. The molecule has 0 spiro atoms. The first kappa shape index (κ1) is 14.1. The van der Waals surface area contributed by atoms with Gasteiger partial charge in [0, 0.05) is 32.1 Å². The summed E-state index contributed by atoms with van der Waals surface area (Å²) in [6.07, 6.45) is 5.78. The molecule has 0 amide bonds. The molecule has 4 heteroatoms. The molecule has 1 aromatic heterocycles. The predicted octanol–water partition coefficient (Wildman–Crippen LogP) is 3.17. The second kappa shape index (κ2) is 5.47. The Kier molecular flexibility index (Phi) is 3.85. The second-order valence-electron chi connectivity index (χ2n) is 7.40. The van der Waals surface area contributed by atoms with E-state index in [0.717, 1.165) is 44.9 Å². The van der Waals surface area contributed by atoms with Gasteiger partial charge in [-0.1, -0.05) is 20.8 Å². The maximum absolute atomic E-state index is 5.47. The van der Waals surface area contributed by atoms with Crippen LogP contribution in [0.1, 0.15) is 64.0 Å². The van der Waals surface area contributed by atoms with Crippen LogP contribution in [0.3, 0.4) is 0 Å². The Balaban J connectivity index is 1.78. The minimum atomic E-state index is 0.399. The lowest BCUT2D eigenvalue weighted by Crippen LogP contribution is -2.22. The molecular formula is C16H27N3O. The molecule has 4 nitrogen and oxygen atoms in total. The van der Waals surface area contributed by atoms with Crippen molar-refractivity contribution in [2.75, 3.05) is 13.2 Å². The Labute approximate surface area is 121 Å². The highest BCUT2D eigenvalue weighted by Gasteiger charge is 2.30. The van der Waals surface area contributed by atoms with Crippen molar-refractivity contribution in [3.05, 3.63) is 11.6 Å². The van der Waals surface area contributed by atoms with E-state index in [1.165, 1.54) is 24.5 Å². The highest BCUT2D eigenvalue weighted by Crippen LogP contribution is 2.36. The van der Waals surface area contributed by atoms with Crippen LogP contribution in [-0.4, -0.2) is 28.0 Å².